The van der Waals surface area contributed by atoms with Gasteiger partial charge in [0.1, 0.15) is 5.75 Å². The Morgan fingerprint density at radius 2 is 1.81 bits per heavy atom. The molecule has 0 fully saturated rings. The highest BCUT2D eigenvalue weighted by atomic mass is 35.5. The summed E-state index contributed by atoms with van der Waals surface area (Å²) < 4.78 is 6.01. The highest BCUT2D eigenvalue weighted by Crippen LogP contribution is 2.36. The monoisotopic (exact) mass is 365 g/mol. The van der Waals surface area contributed by atoms with E-state index in [9.17, 15) is 0 Å². The molecule has 0 atom stereocenters. The van der Waals surface area contributed by atoms with Crippen molar-refractivity contribution in [3.63, 3.8) is 0 Å². The van der Waals surface area contributed by atoms with Crippen LogP contribution in [0.25, 0.3) is 21.8 Å². The molecule has 0 aliphatic carbocycles. The summed E-state index contributed by atoms with van der Waals surface area (Å²) in [5, 5.41) is 6.31. The minimum atomic E-state index is 0.580. The first kappa shape index (κ1) is 16.8. The van der Waals surface area contributed by atoms with Gasteiger partial charge in [0.25, 0.3) is 0 Å². The van der Waals surface area contributed by atoms with E-state index in [1.54, 1.807) is 0 Å². The molecule has 0 aliphatic heterocycles. The first-order valence-corrected chi connectivity index (χ1v) is 9.02. The normalized spacial score (nSPS) is 11.2. The van der Waals surface area contributed by atoms with Crippen LogP contribution in [-0.4, -0.2) is 18.1 Å². The second-order valence-electron chi connectivity index (χ2n) is 6.19. The third-order valence-corrected chi connectivity index (χ3v) is 4.54. The van der Waals surface area contributed by atoms with Crippen molar-refractivity contribution in [3.05, 3.63) is 65.7 Å². The zero-order valence-corrected chi connectivity index (χ0v) is 15.0. The smallest absolute Gasteiger partial charge is 0.145 e. The maximum absolute atomic E-state index is 6.21. The van der Waals surface area contributed by atoms with Gasteiger partial charge in [-0.25, -0.2) is 0 Å². The van der Waals surface area contributed by atoms with E-state index in [4.69, 9.17) is 22.1 Å². The second kappa shape index (κ2) is 7.28. The fourth-order valence-electron chi connectivity index (χ4n) is 3.08. The number of ether oxygens (including phenoxy) is 1. The molecule has 0 spiro atoms. The number of anilines is 2. The summed E-state index contributed by atoms with van der Waals surface area (Å²) in [7, 11) is 0. The van der Waals surface area contributed by atoms with Crippen LogP contribution in [0.5, 0.6) is 5.75 Å². The molecule has 0 unspecified atom stereocenters. The molecule has 1 heterocycles. The van der Waals surface area contributed by atoms with E-state index in [0.29, 0.717) is 18.2 Å². The largest absolute Gasteiger partial charge is 0.491 e. The van der Waals surface area contributed by atoms with Crippen LogP contribution in [0.2, 0.25) is 5.02 Å². The molecule has 1 aromatic heterocycles. The lowest BCUT2D eigenvalue weighted by Crippen LogP contribution is -2.06. The van der Waals surface area contributed by atoms with Crippen LogP contribution in [0, 0.1) is 0 Å². The first-order chi connectivity index (χ1) is 12.7. The molecule has 0 radical (unpaired) electrons. The molecule has 0 bridgehead atoms. The Hall–Kier alpha value is -2.69. The molecule has 0 aliphatic rings. The van der Waals surface area contributed by atoms with Crippen LogP contribution in [-0.2, 0) is 0 Å². The van der Waals surface area contributed by atoms with Crippen molar-refractivity contribution in [1.29, 1.82) is 0 Å². The molecular weight excluding hydrogens is 346 g/mol. The van der Waals surface area contributed by atoms with Crippen molar-refractivity contribution in [2.24, 2.45) is 5.73 Å². The van der Waals surface area contributed by atoms with Gasteiger partial charge in [0.05, 0.1) is 12.1 Å². The fourth-order valence-corrected chi connectivity index (χ4v) is 3.25. The van der Waals surface area contributed by atoms with Gasteiger partial charge in [0, 0.05) is 38.8 Å². The van der Waals surface area contributed by atoms with Gasteiger partial charge in [-0.3, -0.25) is 0 Å². The Kier molecular flexibility index (Phi) is 4.69. The number of aromatic amines is 1. The number of H-pyrrole nitrogens is 1. The van der Waals surface area contributed by atoms with Crippen LogP contribution in [0.3, 0.4) is 0 Å². The lowest BCUT2D eigenvalue weighted by Gasteiger charge is -2.11. The van der Waals surface area contributed by atoms with Crippen molar-refractivity contribution in [1.82, 2.24) is 4.98 Å². The van der Waals surface area contributed by atoms with Crippen molar-refractivity contribution < 1.29 is 4.74 Å². The summed E-state index contributed by atoms with van der Waals surface area (Å²) >= 11 is 6.21. The zero-order valence-electron chi connectivity index (χ0n) is 14.3. The van der Waals surface area contributed by atoms with E-state index >= 15 is 0 Å². The summed E-state index contributed by atoms with van der Waals surface area (Å²) in [5.41, 5.74) is 9.59. The zero-order chi connectivity index (χ0) is 17.9. The maximum Gasteiger partial charge on any atom is 0.145 e. The second-order valence-corrected chi connectivity index (χ2v) is 6.63. The molecule has 4 rings (SSSR count). The quantitative estimate of drug-likeness (QED) is 0.398. The standard InChI is InChI=1S/C21H20ClN3O/c22-14-7-8-19-17(11-14)18-12-16(24-15-5-2-1-3-6-15)13-20(21(18)25-19)26-10-4-9-23/h1-3,5-8,11-13,24-25H,4,9-10,23H2. The number of nitrogens with one attached hydrogen (secondary N) is 2. The van der Waals surface area contributed by atoms with Crippen LogP contribution < -0.4 is 15.8 Å². The summed E-state index contributed by atoms with van der Waals surface area (Å²) in [6, 6.07) is 20.1. The number of hydrogen-bond acceptors (Lipinski definition) is 3. The Bertz CT molecular complexity index is 1040. The summed E-state index contributed by atoms with van der Waals surface area (Å²) in [5.74, 6) is 0.807. The molecule has 132 valence electrons. The number of halogens is 1. The van der Waals surface area contributed by atoms with Gasteiger partial charge < -0.3 is 20.8 Å². The number of aromatic nitrogens is 1. The molecule has 4 aromatic rings. The van der Waals surface area contributed by atoms with Gasteiger partial charge in [0.15, 0.2) is 0 Å². The third-order valence-electron chi connectivity index (χ3n) is 4.30. The number of benzene rings is 3. The predicted molar refractivity (Wildman–Crippen MR) is 110 cm³/mol. The number of fused-ring (bicyclic) bond motifs is 3. The Morgan fingerprint density at radius 1 is 0.962 bits per heavy atom. The van der Waals surface area contributed by atoms with Gasteiger partial charge in [-0.15, -0.1) is 0 Å². The molecule has 5 heteroatoms. The number of rotatable bonds is 6. The van der Waals surface area contributed by atoms with E-state index in [1.165, 1.54) is 0 Å². The summed E-state index contributed by atoms with van der Waals surface area (Å²) in [6.07, 6.45) is 0.809. The molecule has 0 amide bonds. The van der Waals surface area contributed by atoms with Gasteiger partial charge >= 0.3 is 0 Å². The van der Waals surface area contributed by atoms with Crippen LogP contribution >= 0.6 is 11.6 Å². The average molecular weight is 366 g/mol. The van der Waals surface area contributed by atoms with Gasteiger partial charge in [-0.05, 0) is 49.4 Å². The molecule has 0 saturated carbocycles. The van der Waals surface area contributed by atoms with E-state index in [0.717, 1.165) is 45.4 Å². The first-order valence-electron chi connectivity index (χ1n) is 8.64. The van der Waals surface area contributed by atoms with E-state index < -0.39 is 0 Å². The van der Waals surface area contributed by atoms with Gasteiger partial charge in [0.2, 0.25) is 0 Å². The molecule has 0 saturated heterocycles. The number of hydrogen-bond donors (Lipinski definition) is 3. The van der Waals surface area contributed by atoms with Crippen LogP contribution in [0.1, 0.15) is 6.42 Å². The van der Waals surface area contributed by atoms with E-state index in [2.05, 4.69) is 16.4 Å². The maximum atomic E-state index is 6.21. The topological polar surface area (TPSA) is 63.1 Å². The Labute approximate surface area is 156 Å². The molecule has 4 nitrogen and oxygen atoms in total. The van der Waals surface area contributed by atoms with Gasteiger partial charge in [-0.1, -0.05) is 29.8 Å². The van der Waals surface area contributed by atoms with Crippen molar-refractivity contribution in [2.75, 3.05) is 18.5 Å². The third kappa shape index (κ3) is 3.34. The van der Waals surface area contributed by atoms with Crippen molar-refractivity contribution >= 4 is 44.8 Å². The highest BCUT2D eigenvalue weighted by molar-refractivity contribution is 6.32. The highest BCUT2D eigenvalue weighted by Gasteiger charge is 2.12. The molecule has 4 N–H and O–H groups in total. The molecule has 3 aromatic carbocycles. The fraction of sp³-hybridized carbons (Fsp3) is 0.143. The summed E-state index contributed by atoms with van der Waals surface area (Å²) in [4.78, 5) is 3.45. The minimum Gasteiger partial charge on any atom is -0.491 e. The van der Waals surface area contributed by atoms with Crippen molar-refractivity contribution in [3.8, 4) is 5.75 Å². The van der Waals surface area contributed by atoms with E-state index in [-0.39, 0.29) is 0 Å². The lowest BCUT2D eigenvalue weighted by molar-refractivity contribution is 0.316. The molecule has 26 heavy (non-hydrogen) atoms. The average Bonchev–Trinajstić information content (AvgIpc) is 3.01. The molecular formula is C21H20ClN3O. The van der Waals surface area contributed by atoms with Gasteiger partial charge in [-0.2, -0.15) is 0 Å². The Balaban J connectivity index is 1.83. The number of para-hydroxylation sites is 1. The minimum absolute atomic E-state index is 0.580. The SMILES string of the molecule is NCCCOc1cc(Nc2ccccc2)cc2c1[nH]c1ccc(Cl)cc12. The van der Waals surface area contributed by atoms with Crippen LogP contribution in [0.15, 0.2) is 60.7 Å². The summed E-state index contributed by atoms with van der Waals surface area (Å²) in [6.45, 7) is 1.18. The lowest BCUT2D eigenvalue weighted by atomic mass is 10.1. The van der Waals surface area contributed by atoms with Crippen molar-refractivity contribution in [2.45, 2.75) is 6.42 Å². The predicted octanol–water partition coefficient (Wildman–Crippen LogP) is 5.45. The Morgan fingerprint density at radius 3 is 2.62 bits per heavy atom. The van der Waals surface area contributed by atoms with Crippen LogP contribution in [0.4, 0.5) is 11.4 Å². The number of nitrogens with two attached hydrogens (primary N) is 1. The van der Waals surface area contributed by atoms with E-state index in [1.807, 2.05) is 54.6 Å².